The molecule has 1 rings (SSSR count). The third-order valence-electron chi connectivity index (χ3n) is 3.41. The highest BCUT2D eigenvalue weighted by Crippen LogP contribution is 2.20. The van der Waals surface area contributed by atoms with E-state index in [1.807, 2.05) is 6.92 Å². The molecule has 2 atom stereocenters. The van der Waals surface area contributed by atoms with Crippen LogP contribution in [-0.4, -0.2) is 17.6 Å². The minimum absolute atomic E-state index is 0.0617. The summed E-state index contributed by atoms with van der Waals surface area (Å²) in [5.41, 5.74) is -0.613. The van der Waals surface area contributed by atoms with Gasteiger partial charge in [-0.05, 0) is 30.5 Å². The molecule has 0 spiro atoms. The van der Waals surface area contributed by atoms with Crippen LogP contribution in [0.1, 0.15) is 45.6 Å². The second-order valence-electron chi connectivity index (χ2n) is 5.66. The molecule has 0 saturated heterocycles. The molecule has 2 unspecified atom stereocenters. The fourth-order valence-electron chi connectivity index (χ4n) is 2.17. The minimum atomic E-state index is -1.20. The third-order valence-corrected chi connectivity index (χ3v) is 3.41. The molecule has 2 N–H and O–H groups in total. The lowest BCUT2D eigenvalue weighted by molar-refractivity contribution is -0.123. The lowest BCUT2D eigenvalue weighted by atomic mass is 9.95. The van der Waals surface area contributed by atoms with E-state index in [0.717, 1.165) is 12.8 Å². The number of carbonyl (C=O) groups is 1. The maximum Gasteiger partial charge on any atom is 0.220 e. The standard InChI is InChI=1S/C16H24FNO2/c1-4-5-12(2)10-15(19)18-11-16(3,20)13-6-8-14(17)9-7-13/h6-9,12,20H,4-5,10-11H2,1-3H3,(H,18,19). The van der Waals surface area contributed by atoms with E-state index in [-0.39, 0.29) is 18.3 Å². The Bertz CT molecular complexity index is 429. The van der Waals surface area contributed by atoms with E-state index in [9.17, 15) is 14.3 Å². The number of benzene rings is 1. The first-order valence-corrected chi connectivity index (χ1v) is 7.10. The predicted octanol–water partition coefficient (Wildman–Crippen LogP) is 2.98. The molecule has 1 aromatic rings. The van der Waals surface area contributed by atoms with Crippen LogP contribution in [0.5, 0.6) is 0 Å². The van der Waals surface area contributed by atoms with Crippen molar-refractivity contribution in [3.05, 3.63) is 35.6 Å². The SMILES string of the molecule is CCCC(C)CC(=O)NCC(C)(O)c1ccc(F)cc1. The topological polar surface area (TPSA) is 49.3 Å². The van der Waals surface area contributed by atoms with Crippen molar-refractivity contribution in [1.82, 2.24) is 5.32 Å². The van der Waals surface area contributed by atoms with Gasteiger partial charge in [-0.3, -0.25) is 4.79 Å². The first kappa shape index (κ1) is 16.6. The smallest absolute Gasteiger partial charge is 0.220 e. The second-order valence-corrected chi connectivity index (χ2v) is 5.66. The summed E-state index contributed by atoms with van der Waals surface area (Å²) in [4.78, 5) is 11.8. The van der Waals surface area contributed by atoms with Gasteiger partial charge in [-0.15, -0.1) is 0 Å². The molecule has 4 heteroatoms. The second kappa shape index (κ2) is 7.39. The summed E-state index contributed by atoms with van der Waals surface area (Å²) in [5, 5.41) is 13.1. The monoisotopic (exact) mass is 281 g/mol. The van der Waals surface area contributed by atoms with Crippen LogP contribution in [0, 0.1) is 11.7 Å². The van der Waals surface area contributed by atoms with Crippen molar-refractivity contribution in [2.45, 2.75) is 45.6 Å². The summed E-state index contributed by atoms with van der Waals surface area (Å²) >= 11 is 0. The maximum absolute atomic E-state index is 12.9. The van der Waals surface area contributed by atoms with Crippen LogP contribution in [-0.2, 0) is 10.4 Å². The average molecular weight is 281 g/mol. The summed E-state index contributed by atoms with van der Waals surface area (Å²) < 4.78 is 12.9. The van der Waals surface area contributed by atoms with Gasteiger partial charge >= 0.3 is 0 Å². The van der Waals surface area contributed by atoms with Crippen molar-refractivity contribution < 1.29 is 14.3 Å². The van der Waals surface area contributed by atoms with Gasteiger partial charge in [0, 0.05) is 6.42 Å². The van der Waals surface area contributed by atoms with E-state index >= 15 is 0 Å². The van der Waals surface area contributed by atoms with E-state index < -0.39 is 5.60 Å². The maximum atomic E-state index is 12.9. The first-order valence-electron chi connectivity index (χ1n) is 7.10. The molecule has 0 aromatic heterocycles. The van der Waals surface area contributed by atoms with Crippen LogP contribution in [0.4, 0.5) is 4.39 Å². The van der Waals surface area contributed by atoms with Crippen molar-refractivity contribution in [2.24, 2.45) is 5.92 Å². The lowest BCUT2D eigenvalue weighted by Crippen LogP contribution is -2.39. The predicted molar refractivity (Wildman–Crippen MR) is 77.7 cm³/mol. The Hall–Kier alpha value is -1.42. The van der Waals surface area contributed by atoms with Gasteiger partial charge in [0.1, 0.15) is 11.4 Å². The fourth-order valence-corrected chi connectivity index (χ4v) is 2.17. The van der Waals surface area contributed by atoms with Gasteiger partial charge in [-0.2, -0.15) is 0 Å². The van der Waals surface area contributed by atoms with E-state index in [2.05, 4.69) is 12.2 Å². The zero-order valence-electron chi connectivity index (χ0n) is 12.4. The van der Waals surface area contributed by atoms with Gasteiger partial charge in [0.25, 0.3) is 0 Å². The van der Waals surface area contributed by atoms with E-state index in [4.69, 9.17) is 0 Å². The summed E-state index contributed by atoms with van der Waals surface area (Å²) in [6.45, 7) is 5.86. The number of rotatable bonds is 7. The number of hydrogen-bond donors (Lipinski definition) is 2. The van der Waals surface area contributed by atoms with Crippen molar-refractivity contribution in [1.29, 1.82) is 0 Å². The van der Waals surface area contributed by atoms with Gasteiger partial charge in [0.2, 0.25) is 5.91 Å². The highest BCUT2D eigenvalue weighted by atomic mass is 19.1. The number of aliphatic hydroxyl groups is 1. The van der Waals surface area contributed by atoms with Gasteiger partial charge in [0.05, 0.1) is 6.54 Å². The molecule has 20 heavy (non-hydrogen) atoms. The summed E-state index contributed by atoms with van der Waals surface area (Å²) in [5.74, 6) is -0.0638. The summed E-state index contributed by atoms with van der Waals surface area (Å²) in [6, 6.07) is 5.66. The van der Waals surface area contributed by atoms with Crippen molar-refractivity contribution in [2.75, 3.05) is 6.54 Å². The van der Waals surface area contributed by atoms with Crippen LogP contribution in [0.25, 0.3) is 0 Å². The number of hydrogen-bond acceptors (Lipinski definition) is 2. The van der Waals surface area contributed by atoms with Crippen LogP contribution in [0.2, 0.25) is 0 Å². The van der Waals surface area contributed by atoms with Crippen LogP contribution < -0.4 is 5.32 Å². The van der Waals surface area contributed by atoms with Crippen molar-refractivity contribution in [3.8, 4) is 0 Å². The molecule has 3 nitrogen and oxygen atoms in total. The zero-order chi connectivity index (χ0) is 15.2. The molecule has 112 valence electrons. The van der Waals surface area contributed by atoms with E-state index in [1.165, 1.54) is 24.3 Å². The van der Waals surface area contributed by atoms with Gasteiger partial charge < -0.3 is 10.4 Å². The van der Waals surface area contributed by atoms with Crippen LogP contribution in [0.15, 0.2) is 24.3 Å². The molecule has 0 aliphatic heterocycles. The highest BCUT2D eigenvalue weighted by molar-refractivity contribution is 5.76. The Labute approximate surface area is 120 Å². The lowest BCUT2D eigenvalue weighted by Gasteiger charge is -2.24. The number of amides is 1. The Morgan fingerprint density at radius 2 is 2.00 bits per heavy atom. The number of carbonyl (C=O) groups excluding carboxylic acids is 1. The first-order chi connectivity index (χ1) is 9.35. The molecule has 0 heterocycles. The molecular weight excluding hydrogens is 257 g/mol. The molecule has 0 radical (unpaired) electrons. The Balaban J connectivity index is 2.50. The largest absolute Gasteiger partial charge is 0.384 e. The summed E-state index contributed by atoms with van der Waals surface area (Å²) in [6.07, 6.45) is 2.54. The van der Waals surface area contributed by atoms with Gasteiger partial charge in [0.15, 0.2) is 0 Å². The molecule has 0 aliphatic rings. The van der Waals surface area contributed by atoms with Crippen LogP contribution in [0.3, 0.4) is 0 Å². The highest BCUT2D eigenvalue weighted by Gasteiger charge is 2.24. The molecule has 0 fully saturated rings. The van der Waals surface area contributed by atoms with Crippen molar-refractivity contribution in [3.63, 3.8) is 0 Å². The molecule has 0 saturated carbocycles. The van der Waals surface area contributed by atoms with Gasteiger partial charge in [-0.25, -0.2) is 4.39 Å². The Morgan fingerprint density at radius 1 is 1.40 bits per heavy atom. The zero-order valence-corrected chi connectivity index (χ0v) is 12.4. The molecular formula is C16H24FNO2. The molecule has 1 amide bonds. The Kier molecular flexibility index (Phi) is 6.14. The van der Waals surface area contributed by atoms with E-state index in [1.54, 1.807) is 6.92 Å². The average Bonchev–Trinajstić information content (AvgIpc) is 2.37. The van der Waals surface area contributed by atoms with Crippen molar-refractivity contribution >= 4 is 5.91 Å². The summed E-state index contributed by atoms with van der Waals surface area (Å²) in [7, 11) is 0. The fraction of sp³-hybridized carbons (Fsp3) is 0.562. The number of halogens is 1. The third kappa shape index (κ3) is 5.29. The van der Waals surface area contributed by atoms with Crippen LogP contribution >= 0.6 is 0 Å². The molecule has 1 aromatic carbocycles. The van der Waals surface area contributed by atoms with Gasteiger partial charge in [-0.1, -0.05) is 38.8 Å². The normalized spacial score (nSPS) is 15.4. The minimum Gasteiger partial charge on any atom is -0.384 e. The molecule has 0 bridgehead atoms. The quantitative estimate of drug-likeness (QED) is 0.807. The van der Waals surface area contributed by atoms with E-state index in [0.29, 0.717) is 17.9 Å². The molecule has 0 aliphatic carbocycles. The number of nitrogens with one attached hydrogen (secondary N) is 1. The Morgan fingerprint density at radius 3 is 2.55 bits per heavy atom.